The van der Waals surface area contributed by atoms with Crippen molar-refractivity contribution in [2.45, 2.75) is 32.2 Å². The molecule has 6 nitrogen and oxygen atoms in total. The lowest BCUT2D eigenvalue weighted by atomic mass is 10.1. The number of pyridine rings is 1. The van der Waals surface area contributed by atoms with Crippen LogP contribution in [0.2, 0.25) is 0 Å². The smallest absolute Gasteiger partial charge is 0.220 e. The van der Waals surface area contributed by atoms with Gasteiger partial charge in [-0.1, -0.05) is 0 Å². The molecule has 0 radical (unpaired) electrons. The van der Waals surface area contributed by atoms with Gasteiger partial charge < -0.3 is 10.1 Å². The van der Waals surface area contributed by atoms with Gasteiger partial charge in [0.1, 0.15) is 18.1 Å². The van der Waals surface area contributed by atoms with E-state index in [-0.39, 0.29) is 11.7 Å². The van der Waals surface area contributed by atoms with Gasteiger partial charge in [0, 0.05) is 24.4 Å². The zero-order valence-corrected chi connectivity index (χ0v) is 15.8. The van der Waals surface area contributed by atoms with Crippen molar-refractivity contribution in [3.63, 3.8) is 0 Å². The van der Waals surface area contributed by atoms with Gasteiger partial charge in [0.05, 0.1) is 18.5 Å². The van der Waals surface area contributed by atoms with Gasteiger partial charge in [-0.2, -0.15) is 11.8 Å². The van der Waals surface area contributed by atoms with E-state index in [1.165, 1.54) is 23.7 Å². The van der Waals surface area contributed by atoms with Crippen LogP contribution in [0.4, 0.5) is 0 Å². The third-order valence-corrected chi connectivity index (χ3v) is 5.21. The van der Waals surface area contributed by atoms with Gasteiger partial charge in [0.2, 0.25) is 5.91 Å². The summed E-state index contributed by atoms with van der Waals surface area (Å²) in [7, 11) is 2.13. The number of hydrogen-bond acceptors (Lipinski definition) is 6. The average Bonchev–Trinajstić information content (AvgIpc) is 3.02. The number of Topliss-reactive ketones (excluding diaryl/α,β-unsaturated/α-hetero) is 1. The molecule has 138 valence electrons. The van der Waals surface area contributed by atoms with Crippen LogP contribution in [0.1, 0.15) is 37.8 Å². The number of nitrogens with zero attached hydrogens (tertiary/aromatic N) is 2. The van der Waals surface area contributed by atoms with E-state index >= 15 is 0 Å². The van der Waals surface area contributed by atoms with Gasteiger partial charge in [-0.3, -0.25) is 19.5 Å². The number of likely N-dealkylation sites (tertiary alicyclic amines) is 1. The van der Waals surface area contributed by atoms with Gasteiger partial charge in [-0.15, -0.1) is 0 Å². The van der Waals surface area contributed by atoms with Crippen molar-refractivity contribution in [2.24, 2.45) is 0 Å². The maximum Gasteiger partial charge on any atom is 0.220 e. The monoisotopic (exact) mass is 365 g/mol. The van der Waals surface area contributed by atoms with E-state index in [0.717, 1.165) is 18.7 Å². The normalized spacial score (nSPS) is 17.4. The molecule has 1 fully saturated rings. The van der Waals surface area contributed by atoms with Crippen molar-refractivity contribution in [3.8, 4) is 5.75 Å². The molecule has 1 atom stereocenters. The van der Waals surface area contributed by atoms with E-state index in [1.807, 2.05) is 12.3 Å². The first-order valence-electron chi connectivity index (χ1n) is 8.68. The topological polar surface area (TPSA) is 71.5 Å². The maximum atomic E-state index is 11.7. The number of ketones is 1. The van der Waals surface area contributed by atoms with Crippen LogP contribution in [0, 0.1) is 0 Å². The summed E-state index contributed by atoms with van der Waals surface area (Å²) in [6.45, 7) is 3.55. The molecule has 1 aromatic rings. The molecule has 0 saturated carbocycles. The first-order valence-corrected chi connectivity index (χ1v) is 9.83. The molecule has 1 N–H and O–H groups in total. The molecule has 0 unspecified atom stereocenters. The first kappa shape index (κ1) is 19.7. The number of nitrogens with one attached hydrogen (secondary N) is 1. The zero-order valence-electron chi connectivity index (χ0n) is 15.0. The summed E-state index contributed by atoms with van der Waals surface area (Å²) in [5, 5.41) is 2.83. The van der Waals surface area contributed by atoms with E-state index < -0.39 is 0 Å². The van der Waals surface area contributed by atoms with Crippen LogP contribution in [-0.4, -0.2) is 59.8 Å². The Morgan fingerprint density at radius 3 is 3.00 bits per heavy atom. The Bertz CT molecular complexity index is 582. The summed E-state index contributed by atoms with van der Waals surface area (Å²) in [4.78, 5) is 29.1. The highest BCUT2D eigenvalue weighted by molar-refractivity contribution is 7.99. The van der Waals surface area contributed by atoms with Crippen LogP contribution in [-0.2, 0) is 9.59 Å². The number of ether oxygens (including phenoxy) is 1. The summed E-state index contributed by atoms with van der Waals surface area (Å²) in [5.74, 6) is 1.99. The molecule has 1 aromatic heterocycles. The molecule has 1 saturated heterocycles. The van der Waals surface area contributed by atoms with Crippen molar-refractivity contribution in [1.29, 1.82) is 0 Å². The maximum absolute atomic E-state index is 11.7. The molecule has 0 aromatic carbocycles. The summed E-state index contributed by atoms with van der Waals surface area (Å²) in [6.07, 6.45) is 6.39. The van der Waals surface area contributed by atoms with Crippen molar-refractivity contribution < 1.29 is 14.3 Å². The first-order chi connectivity index (χ1) is 12.1. The van der Waals surface area contributed by atoms with E-state index in [9.17, 15) is 9.59 Å². The molecular formula is C18H27N3O3S. The van der Waals surface area contributed by atoms with Gasteiger partial charge in [0.25, 0.3) is 0 Å². The van der Waals surface area contributed by atoms with Crippen LogP contribution in [0.5, 0.6) is 5.75 Å². The fourth-order valence-corrected chi connectivity index (χ4v) is 3.62. The molecule has 1 aliphatic heterocycles. The highest BCUT2D eigenvalue weighted by Gasteiger charge is 2.23. The molecule has 0 aliphatic carbocycles. The Hall–Kier alpha value is -1.60. The molecule has 25 heavy (non-hydrogen) atoms. The Morgan fingerprint density at radius 1 is 1.44 bits per heavy atom. The lowest BCUT2D eigenvalue weighted by Crippen LogP contribution is -2.28. The molecule has 0 spiro atoms. The number of aromatic nitrogens is 1. The highest BCUT2D eigenvalue weighted by Crippen LogP contribution is 2.31. The number of amides is 1. The number of rotatable bonds is 10. The summed E-state index contributed by atoms with van der Waals surface area (Å²) in [5.41, 5.74) is 1.18. The fraction of sp³-hybridized carbons (Fsp3) is 0.611. The average molecular weight is 365 g/mol. The van der Waals surface area contributed by atoms with E-state index in [0.29, 0.717) is 37.1 Å². The van der Waals surface area contributed by atoms with Crippen LogP contribution >= 0.6 is 11.8 Å². The minimum atomic E-state index is -0.0147. The van der Waals surface area contributed by atoms with E-state index in [4.69, 9.17) is 4.74 Å². The van der Waals surface area contributed by atoms with Crippen LogP contribution in [0.15, 0.2) is 18.5 Å². The minimum Gasteiger partial charge on any atom is -0.490 e. The van der Waals surface area contributed by atoms with Gasteiger partial charge >= 0.3 is 0 Å². The Morgan fingerprint density at radius 2 is 2.28 bits per heavy atom. The van der Waals surface area contributed by atoms with Gasteiger partial charge in [0.15, 0.2) is 0 Å². The van der Waals surface area contributed by atoms with Crippen molar-refractivity contribution in [3.05, 3.63) is 24.0 Å². The van der Waals surface area contributed by atoms with Crippen LogP contribution in [0.25, 0.3) is 0 Å². The van der Waals surface area contributed by atoms with Crippen LogP contribution < -0.4 is 10.1 Å². The Balaban J connectivity index is 1.65. The second-order valence-electron chi connectivity index (χ2n) is 6.30. The van der Waals surface area contributed by atoms with E-state index in [2.05, 4.69) is 22.2 Å². The van der Waals surface area contributed by atoms with Gasteiger partial charge in [-0.25, -0.2) is 0 Å². The second-order valence-corrected chi connectivity index (χ2v) is 7.40. The summed E-state index contributed by atoms with van der Waals surface area (Å²) in [6, 6.07) is 2.46. The Kier molecular flexibility index (Phi) is 8.21. The Labute approximate surface area is 153 Å². The number of carbonyl (C=O) groups excluding carboxylic acids is 2. The fourth-order valence-electron chi connectivity index (χ4n) is 2.86. The largest absolute Gasteiger partial charge is 0.490 e. The number of hydrogen-bond donors (Lipinski definition) is 1. The lowest BCUT2D eigenvalue weighted by Gasteiger charge is -2.19. The third-order valence-electron chi connectivity index (χ3n) is 4.11. The predicted molar refractivity (Wildman–Crippen MR) is 100.0 cm³/mol. The van der Waals surface area contributed by atoms with Gasteiger partial charge in [-0.05, 0) is 45.0 Å². The quantitative estimate of drug-likeness (QED) is 0.640. The second kappa shape index (κ2) is 10.4. The summed E-state index contributed by atoms with van der Waals surface area (Å²) < 4.78 is 5.70. The standard InChI is InChI=1S/C18H27N3O3S/c1-14(22)13-25-9-5-18(23)20-6-8-24-16-10-15(11-19-12-16)17-4-3-7-21(17)2/h10-12,17H,3-9,13H2,1-2H3,(H,20,23)/t17-/m0/s1. The van der Waals surface area contributed by atoms with Crippen molar-refractivity contribution in [1.82, 2.24) is 15.2 Å². The lowest BCUT2D eigenvalue weighted by molar-refractivity contribution is -0.120. The minimum absolute atomic E-state index is 0.0147. The van der Waals surface area contributed by atoms with Crippen LogP contribution in [0.3, 0.4) is 0 Å². The zero-order chi connectivity index (χ0) is 18.1. The molecule has 1 aliphatic rings. The third kappa shape index (κ3) is 7.04. The summed E-state index contributed by atoms with van der Waals surface area (Å²) >= 11 is 1.49. The molecular weight excluding hydrogens is 338 g/mol. The van der Waals surface area contributed by atoms with E-state index in [1.54, 1.807) is 13.1 Å². The van der Waals surface area contributed by atoms with Crippen molar-refractivity contribution in [2.75, 3.05) is 38.2 Å². The molecule has 7 heteroatoms. The number of thioether (sulfide) groups is 1. The highest BCUT2D eigenvalue weighted by atomic mass is 32.2. The molecule has 0 bridgehead atoms. The molecule has 2 rings (SSSR count). The predicted octanol–water partition coefficient (Wildman–Crippen LogP) is 2.06. The van der Waals surface area contributed by atoms with Crippen molar-refractivity contribution >= 4 is 23.5 Å². The molecule has 1 amide bonds. The SMILES string of the molecule is CC(=O)CSCCC(=O)NCCOc1cncc([C@@H]2CCCN2C)c1. The molecule has 2 heterocycles. The number of carbonyl (C=O) groups is 2.